The summed E-state index contributed by atoms with van der Waals surface area (Å²) in [5.41, 5.74) is -0.160. The lowest BCUT2D eigenvalue weighted by Crippen LogP contribution is -2.11. The minimum atomic E-state index is -5.17. The molecule has 0 saturated heterocycles. The average molecular weight is 492 g/mol. The van der Waals surface area contributed by atoms with E-state index in [1.54, 1.807) is 0 Å². The number of anilines is 1. The molecule has 0 aliphatic rings. The number of ether oxygens (including phenoxy) is 1. The Morgan fingerprint density at radius 2 is 1.62 bits per heavy atom. The number of nitrogens with one attached hydrogen (secondary N) is 1. The van der Waals surface area contributed by atoms with E-state index in [-0.39, 0.29) is 35.1 Å². The second kappa shape index (κ2) is 9.04. The van der Waals surface area contributed by atoms with E-state index in [0.29, 0.717) is 0 Å². The summed E-state index contributed by atoms with van der Waals surface area (Å²) >= 11 is 0. The molecule has 0 spiro atoms. The third-order valence-electron chi connectivity index (χ3n) is 3.76. The van der Waals surface area contributed by atoms with Crippen LogP contribution >= 0.6 is 0 Å². The van der Waals surface area contributed by atoms with Gasteiger partial charge in [0, 0.05) is 0 Å². The molecular formula is C17H15F3N4O6S2. The Morgan fingerprint density at radius 1 is 1.03 bits per heavy atom. The highest BCUT2D eigenvalue weighted by atomic mass is 32.3. The van der Waals surface area contributed by atoms with Gasteiger partial charge in [-0.25, -0.2) is 21.9 Å². The molecule has 32 heavy (non-hydrogen) atoms. The van der Waals surface area contributed by atoms with Crippen LogP contribution in [0.5, 0.6) is 11.5 Å². The Labute approximate surface area is 181 Å². The maximum absolute atomic E-state index is 14.4. The Hall–Kier alpha value is -3.33. The highest BCUT2D eigenvalue weighted by Crippen LogP contribution is 2.22. The largest absolute Gasteiger partial charge is 0.489 e. The molecule has 0 amide bonds. The molecule has 0 aliphatic heterocycles. The van der Waals surface area contributed by atoms with Crippen LogP contribution in [0.3, 0.4) is 0 Å². The van der Waals surface area contributed by atoms with Gasteiger partial charge in [-0.2, -0.15) is 13.4 Å². The average Bonchev–Trinajstić information content (AvgIpc) is 3.06. The Bertz CT molecular complexity index is 1310. The predicted octanol–water partition coefficient (Wildman–Crippen LogP) is 2.15. The summed E-state index contributed by atoms with van der Waals surface area (Å²) in [6, 6.07) is 6.81. The van der Waals surface area contributed by atoms with Crippen LogP contribution in [-0.4, -0.2) is 37.9 Å². The number of halogens is 3. The van der Waals surface area contributed by atoms with Gasteiger partial charge in [-0.05, 0) is 42.0 Å². The van der Waals surface area contributed by atoms with E-state index < -0.39 is 38.8 Å². The molecule has 172 valence electrons. The zero-order valence-corrected chi connectivity index (χ0v) is 17.8. The number of nitrogens with zero attached hydrogens (tertiary/aromatic N) is 3. The van der Waals surface area contributed by atoms with E-state index in [1.807, 2.05) is 0 Å². The molecular weight excluding hydrogens is 477 g/mol. The van der Waals surface area contributed by atoms with E-state index >= 15 is 0 Å². The van der Waals surface area contributed by atoms with Gasteiger partial charge < -0.3 is 8.92 Å². The Morgan fingerprint density at radius 3 is 2.19 bits per heavy atom. The fourth-order valence-corrected chi connectivity index (χ4v) is 3.28. The second-order valence-corrected chi connectivity index (χ2v) is 9.12. The van der Waals surface area contributed by atoms with Crippen LogP contribution in [0.1, 0.15) is 11.1 Å². The third-order valence-corrected chi connectivity index (χ3v) is 4.71. The van der Waals surface area contributed by atoms with Crippen LogP contribution < -0.4 is 13.6 Å². The molecule has 10 nitrogen and oxygen atoms in total. The number of aromatic nitrogens is 3. The van der Waals surface area contributed by atoms with Gasteiger partial charge in [-0.1, -0.05) is 3.89 Å². The first-order valence-corrected chi connectivity index (χ1v) is 11.8. The quantitative estimate of drug-likeness (QED) is 0.450. The normalized spacial score (nSPS) is 11.9. The van der Waals surface area contributed by atoms with Crippen molar-refractivity contribution >= 4 is 26.5 Å². The minimum Gasteiger partial charge on any atom is -0.489 e. The van der Waals surface area contributed by atoms with Crippen molar-refractivity contribution in [1.29, 1.82) is 0 Å². The van der Waals surface area contributed by atoms with E-state index in [4.69, 9.17) is 4.74 Å². The predicted molar refractivity (Wildman–Crippen MR) is 105 cm³/mol. The molecule has 0 radical (unpaired) electrons. The molecule has 0 unspecified atom stereocenters. The molecule has 0 fully saturated rings. The van der Waals surface area contributed by atoms with Gasteiger partial charge in [0.1, 0.15) is 36.1 Å². The van der Waals surface area contributed by atoms with Crippen molar-refractivity contribution < 1.29 is 38.4 Å². The monoisotopic (exact) mass is 492 g/mol. The maximum Gasteiger partial charge on any atom is 0.488 e. The van der Waals surface area contributed by atoms with E-state index in [1.165, 1.54) is 23.1 Å². The lowest BCUT2D eigenvalue weighted by atomic mass is 10.1. The molecule has 15 heteroatoms. The van der Waals surface area contributed by atoms with Crippen molar-refractivity contribution in [2.45, 2.75) is 13.2 Å². The topological polar surface area (TPSA) is 129 Å². The molecule has 3 aromatic rings. The van der Waals surface area contributed by atoms with Crippen molar-refractivity contribution in [3.05, 3.63) is 65.5 Å². The van der Waals surface area contributed by atoms with Crippen LogP contribution in [-0.2, 0) is 33.7 Å². The lowest BCUT2D eigenvalue weighted by Gasteiger charge is -2.10. The molecule has 1 aromatic heterocycles. The van der Waals surface area contributed by atoms with Gasteiger partial charge >= 0.3 is 10.5 Å². The molecule has 1 heterocycles. The first-order chi connectivity index (χ1) is 14.9. The number of sulfonamides is 1. The SMILES string of the molecule is CS(=O)(=O)Nc1ncn(Cc2cc(F)c(COc3ccc(OS(=O)(=O)F)cc3)c(F)c2)n1. The van der Waals surface area contributed by atoms with Gasteiger partial charge in [0.05, 0.1) is 18.4 Å². The molecule has 3 rings (SSSR count). The highest BCUT2D eigenvalue weighted by Gasteiger charge is 2.14. The maximum atomic E-state index is 14.4. The number of benzene rings is 2. The highest BCUT2D eigenvalue weighted by molar-refractivity contribution is 7.92. The fourth-order valence-electron chi connectivity index (χ4n) is 2.52. The fraction of sp³-hybridized carbons (Fsp3) is 0.176. The van der Waals surface area contributed by atoms with Crippen molar-refractivity contribution in [3.63, 3.8) is 0 Å². The molecule has 0 aliphatic carbocycles. The second-order valence-electron chi connectivity index (χ2n) is 6.41. The summed E-state index contributed by atoms with van der Waals surface area (Å²) in [6.07, 6.45) is 2.12. The van der Waals surface area contributed by atoms with Crippen LogP contribution in [0, 0.1) is 11.6 Å². The van der Waals surface area contributed by atoms with Gasteiger partial charge in [-0.15, -0.1) is 5.10 Å². The Kier molecular flexibility index (Phi) is 6.59. The van der Waals surface area contributed by atoms with E-state index in [0.717, 1.165) is 30.5 Å². The smallest absolute Gasteiger partial charge is 0.488 e. The van der Waals surface area contributed by atoms with Crippen LogP contribution in [0.4, 0.5) is 18.6 Å². The van der Waals surface area contributed by atoms with Crippen molar-refractivity contribution in [2.75, 3.05) is 11.0 Å². The van der Waals surface area contributed by atoms with Gasteiger partial charge in [0.25, 0.3) is 5.95 Å². The standard InChI is InChI=1S/C17H15F3N4O6S2/c1-31(25,26)23-17-21-10-24(22-17)8-11-6-15(18)14(16(19)7-11)9-29-12-2-4-13(5-3-12)30-32(20,27)28/h2-7,10H,8-9H2,1H3,(H,22,23). The number of hydrogen-bond acceptors (Lipinski definition) is 8. The first kappa shape index (κ1) is 23.3. The summed E-state index contributed by atoms with van der Waals surface area (Å²) in [5, 5.41) is 3.85. The summed E-state index contributed by atoms with van der Waals surface area (Å²) in [4.78, 5) is 3.74. The van der Waals surface area contributed by atoms with E-state index in [2.05, 4.69) is 19.0 Å². The zero-order chi connectivity index (χ0) is 23.5. The first-order valence-electron chi connectivity index (χ1n) is 8.59. The van der Waals surface area contributed by atoms with Crippen LogP contribution in [0.2, 0.25) is 0 Å². The molecule has 0 bridgehead atoms. The molecule has 2 aromatic carbocycles. The summed E-state index contributed by atoms with van der Waals surface area (Å²) in [6.45, 7) is -0.558. The summed E-state index contributed by atoms with van der Waals surface area (Å²) in [5.74, 6) is -2.13. The van der Waals surface area contributed by atoms with Gasteiger partial charge in [0.2, 0.25) is 10.0 Å². The minimum absolute atomic E-state index is 0.0770. The lowest BCUT2D eigenvalue weighted by molar-refractivity contribution is 0.292. The molecule has 0 saturated carbocycles. The van der Waals surface area contributed by atoms with Crippen molar-refractivity contribution in [3.8, 4) is 11.5 Å². The van der Waals surface area contributed by atoms with E-state index in [9.17, 15) is 29.5 Å². The Balaban J connectivity index is 1.66. The summed E-state index contributed by atoms with van der Waals surface area (Å²) in [7, 11) is -8.74. The van der Waals surface area contributed by atoms with Crippen molar-refractivity contribution in [2.24, 2.45) is 0 Å². The number of rotatable bonds is 9. The molecule has 1 N–H and O–H groups in total. The van der Waals surface area contributed by atoms with Crippen LogP contribution in [0.25, 0.3) is 0 Å². The third kappa shape index (κ3) is 6.84. The van der Waals surface area contributed by atoms with Gasteiger partial charge in [-0.3, -0.25) is 4.72 Å². The van der Waals surface area contributed by atoms with Crippen LogP contribution in [0.15, 0.2) is 42.7 Å². The van der Waals surface area contributed by atoms with Gasteiger partial charge in [0.15, 0.2) is 0 Å². The zero-order valence-electron chi connectivity index (χ0n) is 16.2. The van der Waals surface area contributed by atoms with Crippen molar-refractivity contribution in [1.82, 2.24) is 14.8 Å². The number of hydrogen-bond donors (Lipinski definition) is 1. The molecule has 0 atom stereocenters. The summed E-state index contributed by atoms with van der Waals surface area (Å²) < 4.78 is 97.1.